The Morgan fingerprint density at radius 3 is 2.48 bits per heavy atom. The first-order valence-corrected chi connectivity index (χ1v) is 11.2. The summed E-state index contributed by atoms with van der Waals surface area (Å²) in [4.78, 5) is 17.5. The molecule has 1 amide bonds. The monoisotopic (exact) mass is 402 g/mol. The minimum Gasteiger partial charge on any atom is -0.497 e. The molecule has 2 heterocycles. The summed E-state index contributed by atoms with van der Waals surface area (Å²) in [7, 11) is 1.60. The molecule has 1 aliphatic carbocycles. The third kappa shape index (κ3) is 4.86. The van der Waals surface area contributed by atoms with E-state index in [1.807, 2.05) is 12.1 Å². The maximum Gasteiger partial charge on any atom is 0.257 e. The Balaban J connectivity index is 1.43. The molecule has 1 aromatic rings. The topological polar surface area (TPSA) is 62.2 Å². The van der Waals surface area contributed by atoms with E-state index in [9.17, 15) is 9.90 Å². The van der Waals surface area contributed by atoms with Gasteiger partial charge in [0.15, 0.2) is 0 Å². The highest BCUT2D eigenvalue weighted by atomic mass is 16.5. The zero-order valence-electron chi connectivity index (χ0n) is 17.5. The van der Waals surface area contributed by atoms with Crippen LogP contribution < -0.4 is 9.47 Å². The number of piperidine rings is 2. The average molecular weight is 403 g/mol. The minimum atomic E-state index is -0.442. The Morgan fingerprint density at radius 1 is 1.03 bits per heavy atom. The molecule has 0 aromatic heterocycles. The number of benzene rings is 1. The van der Waals surface area contributed by atoms with Crippen LogP contribution in [-0.4, -0.2) is 72.4 Å². The smallest absolute Gasteiger partial charge is 0.257 e. The molecule has 2 saturated heterocycles. The number of amides is 1. The lowest BCUT2D eigenvalue weighted by atomic mass is 10.0. The Hall–Kier alpha value is -1.79. The third-order valence-corrected chi connectivity index (χ3v) is 6.71. The Kier molecular flexibility index (Phi) is 6.60. The van der Waals surface area contributed by atoms with Crippen molar-refractivity contribution in [2.75, 3.05) is 33.3 Å². The van der Waals surface area contributed by atoms with Gasteiger partial charge in [0.1, 0.15) is 17.6 Å². The van der Waals surface area contributed by atoms with Crippen LogP contribution in [0.1, 0.15) is 61.7 Å². The Bertz CT molecular complexity index is 696. The maximum absolute atomic E-state index is 13.2. The van der Waals surface area contributed by atoms with Crippen molar-refractivity contribution in [3.05, 3.63) is 23.8 Å². The van der Waals surface area contributed by atoms with Crippen LogP contribution in [-0.2, 0) is 0 Å². The SMILES string of the molecule is COc1ccc(OC2CCN(C3CCCC3)CC2)c(C(=O)N2CCC[C@H](O)C2)c1. The molecule has 2 aliphatic heterocycles. The molecule has 1 aromatic carbocycles. The fraction of sp³-hybridized carbons (Fsp3) is 0.696. The molecule has 0 bridgehead atoms. The van der Waals surface area contributed by atoms with Crippen LogP contribution in [0.2, 0.25) is 0 Å². The van der Waals surface area contributed by atoms with Gasteiger partial charge in [0.05, 0.1) is 18.8 Å². The summed E-state index contributed by atoms with van der Waals surface area (Å²) >= 11 is 0. The van der Waals surface area contributed by atoms with E-state index < -0.39 is 6.10 Å². The molecular weight excluding hydrogens is 368 g/mol. The maximum atomic E-state index is 13.2. The number of methoxy groups -OCH3 is 1. The number of carbonyl (C=O) groups excluding carboxylic acids is 1. The summed E-state index contributed by atoms with van der Waals surface area (Å²) in [5.41, 5.74) is 0.539. The first-order valence-electron chi connectivity index (χ1n) is 11.2. The molecule has 1 N–H and O–H groups in total. The van der Waals surface area contributed by atoms with Gasteiger partial charge in [0, 0.05) is 32.2 Å². The number of rotatable bonds is 5. The average Bonchev–Trinajstić information content (AvgIpc) is 3.29. The molecule has 29 heavy (non-hydrogen) atoms. The zero-order valence-corrected chi connectivity index (χ0v) is 17.5. The summed E-state index contributed by atoms with van der Waals surface area (Å²) in [6.45, 7) is 3.21. The van der Waals surface area contributed by atoms with Crippen LogP contribution >= 0.6 is 0 Å². The van der Waals surface area contributed by atoms with Gasteiger partial charge < -0.3 is 24.4 Å². The van der Waals surface area contributed by atoms with Crippen LogP contribution in [0.5, 0.6) is 11.5 Å². The summed E-state index contributed by atoms with van der Waals surface area (Å²) in [5, 5.41) is 9.97. The molecule has 0 unspecified atom stereocenters. The first kappa shape index (κ1) is 20.5. The van der Waals surface area contributed by atoms with E-state index in [1.165, 1.54) is 25.7 Å². The lowest BCUT2D eigenvalue weighted by Crippen LogP contribution is -2.43. The van der Waals surface area contributed by atoms with Crippen molar-refractivity contribution in [2.24, 2.45) is 0 Å². The second-order valence-corrected chi connectivity index (χ2v) is 8.70. The number of aliphatic hydroxyl groups is 1. The molecule has 160 valence electrons. The lowest BCUT2D eigenvalue weighted by molar-refractivity contribution is 0.0459. The Morgan fingerprint density at radius 2 is 1.79 bits per heavy atom. The van der Waals surface area contributed by atoms with E-state index in [4.69, 9.17) is 9.47 Å². The highest BCUT2D eigenvalue weighted by Gasteiger charge is 2.30. The van der Waals surface area contributed by atoms with Crippen LogP contribution in [0.15, 0.2) is 18.2 Å². The molecule has 3 fully saturated rings. The van der Waals surface area contributed by atoms with Crippen molar-refractivity contribution in [3.63, 3.8) is 0 Å². The van der Waals surface area contributed by atoms with E-state index in [1.54, 1.807) is 18.1 Å². The zero-order chi connectivity index (χ0) is 20.2. The van der Waals surface area contributed by atoms with Gasteiger partial charge in [-0.05, 0) is 56.7 Å². The minimum absolute atomic E-state index is 0.0824. The van der Waals surface area contributed by atoms with Crippen LogP contribution in [0.3, 0.4) is 0 Å². The predicted octanol–water partition coefficient (Wildman–Crippen LogP) is 3.08. The number of hydrogen-bond acceptors (Lipinski definition) is 5. The predicted molar refractivity (Wildman–Crippen MR) is 112 cm³/mol. The van der Waals surface area contributed by atoms with E-state index in [0.717, 1.165) is 44.8 Å². The molecular formula is C23H34N2O4. The van der Waals surface area contributed by atoms with Gasteiger partial charge in [-0.15, -0.1) is 0 Å². The van der Waals surface area contributed by atoms with Crippen molar-refractivity contribution in [2.45, 2.75) is 69.6 Å². The molecule has 3 aliphatic rings. The fourth-order valence-corrected chi connectivity index (χ4v) is 5.02. The van der Waals surface area contributed by atoms with Crippen LogP contribution in [0, 0.1) is 0 Å². The number of likely N-dealkylation sites (tertiary alicyclic amines) is 2. The van der Waals surface area contributed by atoms with Crippen molar-refractivity contribution in [3.8, 4) is 11.5 Å². The standard InChI is InChI=1S/C23H34N2O4/c1-28-20-8-9-22(21(15-20)23(27)25-12-4-7-18(26)16-25)29-19-10-13-24(14-11-19)17-5-2-3-6-17/h8-9,15,17-19,26H,2-7,10-14,16H2,1H3/t18-/m0/s1. The summed E-state index contributed by atoms with van der Waals surface area (Å²) in [6, 6.07) is 6.24. The third-order valence-electron chi connectivity index (χ3n) is 6.71. The number of aliphatic hydroxyl groups excluding tert-OH is 1. The molecule has 6 heteroatoms. The summed E-state index contributed by atoms with van der Waals surface area (Å²) < 4.78 is 11.7. The first-order chi connectivity index (χ1) is 14.1. The van der Waals surface area contributed by atoms with Gasteiger partial charge in [-0.1, -0.05) is 12.8 Å². The molecule has 6 nitrogen and oxygen atoms in total. The fourth-order valence-electron chi connectivity index (χ4n) is 5.02. The second-order valence-electron chi connectivity index (χ2n) is 8.70. The largest absolute Gasteiger partial charge is 0.497 e. The van der Waals surface area contributed by atoms with Gasteiger partial charge in [-0.3, -0.25) is 4.79 Å². The van der Waals surface area contributed by atoms with Gasteiger partial charge in [-0.25, -0.2) is 0 Å². The van der Waals surface area contributed by atoms with Crippen LogP contribution in [0.4, 0.5) is 0 Å². The molecule has 1 atom stereocenters. The van der Waals surface area contributed by atoms with E-state index in [0.29, 0.717) is 30.2 Å². The van der Waals surface area contributed by atoms with Gasteiger partial charge in [-0.2, -0.15) is 0 Å². The normalized spacial score (nSPS) is 24.6. The molecule has 0 spiro atoms. The van der Waals surface area contributed by atoms with E-state index in [2.05, 4.69) is 4.90 Å². The van der Waals surface area contributed by atoms with Crippen molar-refractivity contribution >= 4 is 5.91 Å². The van der Waals surface area contributed by atoms with Crippen molar-refractivity contribution in [1.82, 2.24) is 9.80 Å². The number of ether oxygens (including phenoxy) is 2. The van der Waals surface area contributed by atoms with Crippen LogP contribution in [0.25, 0.3) is 0 Å². The lowest BCUT2D eigenvalue weighted by Gasteiger charge is -2.36. The number of hydrogen-bond donors (Lipinski definition) is 1. The van der Waals surface area contributed by atoms with E-state index >= 15 is 0 Å². The number of β-amino-alcohol motifs (C(OH)–C–C–N with tert-alkyl or cyclic N) is 1. The van der Waals surface area contributed by atoms with Crippen molar-refractivity contribution < 1.29 is 19.4 Å². The Labute approximate surface area is 173 Å². The van der Waals surface area contributed by atoms with Gasteiger partial charge in [0.2, 0.25) is 0 Å². The number of carbonyl (C=O) groups is 1. The van der Waals surface area contributed by atoms with Crippen molar-refractivity contribution in [1.29, 1.82) is 0 Å². The van der Waals surface area contributed by atoms with Gasteiger partial charge >= 0.3 is 0 Å². The number of nitrogens with zero attached hydrogens (tertiary/aromatic N) is 2. The second kappa shape index (κ2) is 9.35. The molecule has 0 radical (unpaired) electrons. The summed E-state index contributed by atoms with van der Waals surface area (Å²) in [5.74, 6) is 1.20. The molecule has 4 rings (SSSR count). The van der Waals surface area contributed by atoms with E-state index in [-0.39, 0.29) is 12.0 Å². The molecule has 1 saturated carbocycles. The quantitative estimate of drug-likeness (QED) is 0.820. The summed E-state index contributed by atoms with van der Waals surface area (Å²) in [6.07, 6.45) is 8.68. The highest BCUT2D eigenvalue weighted by molar-refractivity contribution is 5.97. The highest BCUT2D eigenvalue weighted by Crippen LogP contribution is 2.31. The van der Waals surface area contributed by atoms with Gasteiger partial charge in [0.25, 0.3) is 5.91 Å².